The highest BCUT2D eigenvalue weighted by Crippen LogP contribution is 2.28. The number of halogens is 3. The van der Waals surface area contributed by atoms with Gasteiger partial charge in [0.25, 0.3) is 11.6 Å². The number of thiazole rings is 1. The predicted octanol–water partition coefficient (Wildman–Crippen LogP) is 4.85. The number of amides is 1. The van der Waals surface area contributed by atoms with Crippen molar-refractivity contribution in [2.24, 2.45) is 0 Å². The van der Waals surface area contributed by atoms with E-state index in [-0.39, 0.29) is 24.5 Å². The van der Waals surface area contributed by atoms with Crippen LogP contribution in [0, 0.1) is 13.8 Å². The number of carbonyl (C=O) groups is 1. The van der Waals surface area contributed by atoms with Crippen molar-refractivity contribution in [3.05, 3.63) is 52.4 Å². The fraction of sp³-hybridized carbons (Fsp3) is 0.318. The lowest BCUT2D eigenvalue weighted by Gasteiger charge is -2.10. The Bertz CT molecular complexity index is 1330. The first-order valence-corrected chi connectivity index (χ1v) is 11.3. The van der Waals surface area contributed by atoms with Gasteiger partial charge in [0.1, 0.15) is 5.75 Å². The molecule has 4 rings (SSSR count). The van der Waals surface area contributed by atoms with Crippen LogP contribution in [-0.4, -0.2) is 37.1 Å². The van der Waals surface area contributed by atoms with E-state index in [1.807, 2.05) is 36.6 Å². The number of hydrogen-bond donors (Lipinski definition) is 1. The van der Waals surface area contributed by atoms with Crippen LogP contribution in [-0.2, 0) is 17.4 Å². The minimum absolute atomic E-state index is 0.105. The smallest absolute Gasteiger partial charge is 0.453 e. The van der Waals surface area contributed by atoms with Crippen LogP contribution >= 0.6 is 11.3 Å². The van der Waals surface area contributed by atoms with E-state index in [0.29, 0.717) is 28.7 Å². The number of alkyl halides is 3. The van der Waals surface area contributed by atoms with Gasteiger partial charge in [0.15, 0.2) is 5.13 Å². The summed E-state index contributed by atoms with van der Waals surface area (Å²) in [6, 6.07) is 7.51. The molecule has 34 heavy (non-hydrogen) atoms. The van der Waals surface area contributed by atoms with Gasteiger partial charge in [0.2, 0.25) is 5.91 Å². The number of nitrogens with one attached hydrogen (secondary N) is 1. The van der Waals surface area contributed by atoms with Crippen molar-refractivity contribution in [3.63, 3.8) is 0 Å². The van der Waals surface area contributed by atoms with Crippen molar-refractivity contribution in [2.75, 3.05) is 11.9 Å². The number of aryl methyl sites for hydroxylation is 2. The van der Waals surface area contributed by atoms with Gasteiger partial charge in [-0.15, -0.1) is 16.4 Å². The average Bonchev–Trinajstić information content (AvgIpc) is 3.41. The van der Waals surface area contributed by atoms with E-state index in [9.17, 15) is 18.0 Å². The van der Waals surface area contributed by atoms with Gasteiger partial charge in [0.05, 0.1) is 12.3 Å². The molecule has 0 aliphatic carbocycles. The quantitative estimate of drug-likeness (QED) is 0.398. The standard InChI is InChI=1S/C22H21F3N6O2S/c1-4-33-15-7-5-14(6-8-15)17-11-34-21(27-17)28-18(32)10-9-16-12(2)26-20-29-19(22(23,24)25)30-31(20)13(16)3/h5-8,11H,4,9-10H2,1-3H3,(H,27,28,32). The first kappa shape index (κ1) is 23.6. The number of rotatable bonds is 7. The lowest BCUT2D eigenvalue weighted by atomic mass is 10.1. The maximum Gasteiger partial charge on any atom is 0.453 e. The SMILES string of the molecule is CCOc1ccc(-c2csc(NC(=O)CCc3c(C)nc4nc(C(F)(F)F)nn4c3C)n2)cc1. The lowest BCUT2D eigenvalue weighted by molar-refractivity contribution is -0.144. The summed E-state index contributed by atoms with van der Waals surface area (Å²) in [5.74, 6) is -0.862. The zero-order valence-corrected chi connectivity index (χ0v) is 19.4. The molecule has 3 aromatic heterocycles. The first-order chi connectivity index (χ1) is 16.2. The van der Waals surface area contributed by atoms with E-state index in [1.54, 1.807) is 13.8 Å². The van der Waals surface area contributed by atoms with Crippen LogP contribution in [0.3, 0.4) is 0 Å². The first-order valence-electron chi connectivity index (χ1n) is 10.4. The van der Waals surface area contributed by atoms with Crippen molar-refractivity contribution in [2.45, 2.75) is 39.8 Å². The van der Waals surface area contributed by atoms with E-state index in [4.69, 9.17) is 4.74 Å². The number of hydrogen-bond acceptors (Lipinski definition) is 7. The van der Waals surface area contributed by atoms with Gasteiger partial charge in [0, 0.05) is 28.8 Å². The zero-order chi connectivity index (χ0) is 24.5. The number of anilines is 1. The minimum atomic E-state index is -4.66. The van der Waals surface area contributed by atoms with Crippen molar-refractivity contribution in [3.8, 4) is 17.0 Å². The molecule has 1 aromatic carbocycles. The lowest BCUT2D eigenvalue weighted by Crippen LogP contribution is -2.14. The van der Waals surface area contributed by atoms with Crippen molar-refractivity contribution in [1.82, 2.24) is 24.6 Å². The molecule has 0 saturated carbocycles. The molecule has 0 unspecified atom stereocenters. The molecule has 0 aliphatic rings. The van der Waals surface area contributed by atoms with E-state index in [0.717, 1.165) is 21.5 Å². The summed E-state index contributed by atoms with van der Waals surface area (Å²) >= 11 is 1.31. The second kappa shape index (κ2) is 9.37. The Morgan fingerprint density at radius 3 is 2.56 bits per heavy atom. The van der Waals surface area contributed by atoms with Crippen LogP contribution in [0.5, 0.6) is 5.75 Å². The normalized spacial score (nSPS) is 11.7. The molecule has 1 amide bonds. The molecular weight excluding hydrogens is 469 g/mol. The third-order valence-electron chi connectivity index (χ3n) is 5.12. The highest BCUT2D eigenvalue weighted by molar-refractivity contribution is 7.14. The number of carbonyl (C=O) groups excluding carboxylic acids is 1. The summed E-state index contributed by atoms with van der Waals surface area (Å²) in [4.78, 5) is 24.5. The summed E-state index contributed by atoms with van der Waals surface area (Å²) < 4.78 is 45.3. The van der Waals surface area contributed by atoms with Crippen molar-refractivity contribution >= 4 is 28.2 Å². The van der Waals surface area contributed by atoms with E-state index >= 15 is 0 Å². The second-order valence-corrected chi connectivity index (χ2v) is 8.31. The topological polar surface area (TPSA) is 94.3 Å². The van der Waals surface area contributed by atoms with Crippen LogP contribution in [0.25, 0.3) is 17.0 Å². The molecule has 0 aliphatic heterocycles. The summed E-state index contributed by atoms with van der Waals surface area (Å²) in [5.41, 5.74) is 3.25. The molecule has 8 nitrogen and oxygen atoms in total. The Labute approximate surface area is 196 Å². The maximum atomic E-state index is 12.9. The highest BCUT2D eigenvalue weighted by atomic mass is 32.1. The minimum Gasteiger partial charge on any atom is -0.494 e. The Morgan fingerprint density at radius 1 is 1.15 bits per heavy atom. The molecule has 0 spiro atoms. The van der Waals surface area contributed by atoms with Crippen LogP contribution in [0.15, 0.2) is 29.6 Å². The monoisotopic (exact) mass is 490 g/mol. The number of nitrogens with zero attached hydrogens (tertiary/aromatic N) is 5. The molecular formula is C22H21F3N6O2S. The largest absolute Gasteiger partial charge is 0.494 e. The maximum absolute atomic E-state index is 12.9. The van der Waals surface area contributed by atoms with Gasteiger partial charge < -0.3 is 10.1 Å². The Morgan fingerprint density at radius 2 is 1.88 bits per heavy atom. The highest BCUT2D eigenvalue weighted by Gasteiger charge is 2.37. The summed E-state index contributed by atoms with van der Waals surface area (Å²) in [6.45, 7) is 5.81. The summed E-state index contributed by atoms with van der Waals surface area (Å²) in [5, 5.41) is 8.61. The van der Waals surface area contributed by atoms with Gasteiger partial charge in [-0.3, -0.25) is 4.79 Å². The molecule has 0 radical (unpaired) electrons. The molecule has 3 heterocycles. The number of fused-ring (bicyclic) bond motifs is 1. The zero-order valence-electron chi connectivity index (χ0n) is 18.6. The van der Waals surface area contributed by atoms with Gasteiger partial charge in [-0.25, -0.2) is 14.5 Å². The summed E-state index contributed by atoms with van der Waals surface area (Å²) in [7, 11) is 0. The number of benzene rings is 1. The fourth-order valence-electron chi connectivity index (χ4n) is 3.46. The molecule has 4 aromatic rings. The Balaban J connectivity index is 1.42. The van der Waals surface area contributed by atoms with Crippen LogP contribution in [0.2, 0.25) is 0 Å². The van der Waals surface area contributed by atoms with Crippen molar-refractivity contribution < 1.29 is 22.7 Å². The van der Waals surface area contributed by atoms with Crippen LogP contribution in [0.4, 0.5) is 18.3 Å². The number of ether oxygens (including phenoxy) is 1. The Kier molecular flexibility index (Phi) is 6.51. The Hall–Kier alpha value is -3.54. The molecule has 0 atom stereocenters. The van der Waals surface area contributed by atoms with Crippen LogP contribution in [0.1, 0.15) is 36.1 Å². The molecule has 1 N–H and O–H groups in total. The van der Waals surface area contributed by atoms with Gasteiger partial charge >= 0.3 is 6.18 Å². The second-order valence-electron chi connectivity index (χ2n) is 7.45. The average molecular weight is 491 g/mol. The molecule has 0 saturated heterocycles. The van der Waals surface area contributed by atoms with E-state index in [1.165, 1.54) is 11.3 Å². The summed E-state index contributed by atoms with van der Waals surface area (Å²) in [6.07, 6.45) is -4.27. The fourth-order valence-corrected chi connectivity index (χ4v) is 4.20. The van der Waals surface area contributed by atoms with Gasteiger partial charge in [-0.05, 0) is 57.0 Å². The number of aromatic nitrogens is 5. The van der Waals surface area contributed by atoms with E-state index in [2.05, 4.69) is 25.4 Å². The van der Waals surface area contributed by atoms with Gasteiger partial charge in [-0.2, -0.15) is 18.2 Å². The van der Waals surface area contributed by atoms with Crippen LogP contribution < -0.4 is 10.1 Å². The third kappa shape index (κ3) is 5.01. The molecule has 178 valence electrons. The molecule has 12 heteroatoms. The predicted molar refractivity (Wildman–Crippen MR) is 121 cm³/mol. The molecule has 0 fully saturated rings. The van der Waals surface area contributed by atoms with Crippen molar-refractivity contribution in [1.29, 1.82) is 0 Å². The molecule has 0 bridgehead atoms. The van der Waals surface area contributed by atoms with E-state index < -0.39 is 12.0 Å². The van der Waals surface area contributed by atoms with Gasteiger partial charge in [-0.1, -0.05) is 0 Å². The third-order valence-corrected chi connectivity index (χ3v) is 5.87.